The van der Waals surface area contributed by atoms with Crippen LogP contribution in [-0.4, -0.2) is 31.6 Å². The molecule has 1 N–H and O–H groups in total. The molecule has 0 aliphatic carbocycles. The molecule has 0 radical (unpaired) electrons. The number of benzene rings is 1. The molecule has 0 heterocycles. The molecule has 2 nitrogen and oxygen atoms in total. The minimum Gasteiger partial charge on any atom is -0.309 e. The van der Waals surface area contributed by atoms with Crippen LogP contribution in [0.3, 0.4) is 0 Å². The van der Waals surface area contributed by atoms with Gasteiger partial charge in [-0.1, -0.05) is 35.8 Å². The Balaban J connectivity index is 2.59. The van der Waals surface area contributed by atoms with Crippen molar-refractivity contribution in [2.24, 2.45) is 5.92 Å². The molecular formula is C15H24BrFN2. The molecule has 1 unspecified atom stereocenters. The molecule has 0 amide bonds. The standard InChI is InChI=1S/C15H24BrFN2/c1-11(2)7-14(10-19(3)4)18-9-12-5-6-13(17)8-15(12)16/h5-6,8,11,14,18H,7,9-10H2,1-4H3. The van der Waals surface area contributed by atoms with Crippen LogP contribution in [0.25, 0.3) is 0 Å². The normalized spacial score (nSPS) is 13.3. The summed E-state index contributed by atoms with van der Waals surface area (Å²) < 4.78 is 13.9. The number of hydrogen-bond donors (Lipinski definition) is 1. The number of nitrogens with one attached hydrogen (secondary N) is 1. The monoisotopic (exact) mass is 330 g/mol. The summed E-state index contributed by atoms with van der Waals surface area (Å²) in [5.74, 6) is 0.455. The Labute approximate surface area is 124 Å². The van der Waals surface area contributed by atoms with Crippen LogP contribution < -0.4 is 5.32 Å². The highest BCUT2D eigenvalue weighted by Gasteiger charge is 2.12. The fourth-order valence-corrected chi connectivity index (χ4v) is 2.64. The second-order valence-electron chi connectivity index (χ2n) is 5.71. The Bertz CT molecular complexity index is 384. The van der Waals surface area contributed by atoms with E-state index in [-0.39, 0.29) is 5.82 Å². The highest BCUT2D eigenvalue weighted by Crippen LogP contribution is 2.18. The Morgan fingerprint density at radius 2 is 2.00 bits per heavy atom. The quantitative estimate of drug-likeness (QED) is 0.820. The van der Waals surface area contributed by atoms with Gasteiger partial charge in [0.2, 0.25) is 0 Å². The molecule has 0 aliphatic heterocycles. The fourth-order valence-electron chi connectivity index (χ4n) is 2.15. The van der Waals surface area contributed by atoms with Gasteiger partial charge in [0.05, 0.1) is 0 Å². The van der Waals surface area contributed by atoms with Gasteiger partial charge in [-0.15, -0.1) is 0 Å². The predicted octanol–water partition coefficient (Wildman–Crippen LogP) is 3.65. The highest BCUT2D eigenvalue weighted by molar-refractivity contribution is 9.10. The maximum Gasteiger partial charge on any atom is 0.124 e. The van der Waals surface area contributed by atoms with Gasteiger partial charge in [-0.3, -0.25) is 0 Å². The average Bonchev–Trinajstić information content (AvgIpc) is 2.25. The summed E-state index contributed by atoms with van der Waals surface area (Å²) in [5.41, 5.74) is 1.09. The second-order valence-corrected chi connectivity index (χ2v) is 6.56. The molecule has 1 aromatic rings. The van der Waals surface area contributed by atoms with Gasteiger partial charge in [0.1, 0.15) is 5.82 Å². The first kappa shape index (κ1) is 16.6. The van der Waals surface area contributed by atoms with Crippen LogP contribution in [0.4, 0.5) is 4.39 Å². The van der Waals surface area contributed by atoms with Crippen molar-refractivity contribution in [3.63, 3.8) is 0 Å². The summed E-state index contributed by atoms with van der Waals surface area (Å²) in [4.78, 5) is 2.19. The number of hydrogen-bond acceptors (Lipinski definition) is 2. The third-order valence-electron chi connectivity index (χ3n) is 2.94. The SMILES string of the molecule is CC(C)CC(CN(C)C)NCc1ccc(F)cc1Br. The highest BCUT2D eigenvalue weighted by atomic mass is 79.9. The summed E-state index contributed by atoms with van der Waals surface area (Å²) in [7, 11) is 4.17. The molecule has 1 rings (SSSR count). The van der Waals surface area contributed by atoms with E-state index in [9.17, 15) is 4.39 Å². The van der Waals surface area contributed by atoms with E-state index < -0.39 is 0 Å². The van der Waals surface area contributed by atoms with E-state index >= 15 is 0 Å². The van der Waals surface area contributed by atoms with Crippen LogP contribution in [-0.2, 0) is 6.54 Å². The van der Waals surface area contributed by atoms with Gasteiger partial charge in [0.15, 0.2) is 0 Å². The van der Waals surface area contributed by atoms with Crippen molar-refractivity contribution in [1.29, 1.82) is 0 Å². The molecule has 1 aromatic carbocycles. The molecule has 0 spiro atoms. The maximum absolute atomic E-state index is 13.0. The number of nitrogens with zero attached hydrogens (tertiary/aromatic N) is 1. The maximum atomic E-state index is 13.0. The third-order valence-corrected chi connectivity index (χ3v) is 3.68. The Morgan fingerprint density at radius 1 is 1.32 bits per heavy atom. The van der Waals surface area contributed by atoms with E-state index in [1.165, 1.54) is 12.1 Å². The molecule has 0 aliphatic rings. The molecule has 108 valence electrons. The van der Waals surface area contributed by atoms with E-state index in [1.807, 2.05) is 6.07 Å². The van der Waals surface area contributed by atoms with Crippen molar-refractivity contribution in [3.8, 4) is 0 Å². The summed E-state index contributed by atoms with van der Waals surface area (Å²) in [5, 5.41) is 3.56. The summed E-state index contributed by atoms with van der Waals surface area (Å²) in [6.07, 6.45) is 1.14. The second kappa shape index (κ2) is 7.98. The summed E-state index contributed by atoms with van der Waals surface area (Å²) >= 11 is 3.41. The van der Waals surface area contributed by atoms with Gasteiger partial charge in [-0.05, 0) is 44.1 Å². The van der Waals surface area contributed by atoms with Crippen molar-refractivity contribution >= 4 is 15.9 Å². The van der Waals surface area contributed by atoms with E-state index in [1.54, 1.807) is 0 Å². The lowest BCUT2D eigenvalue weighted by Gasteiger charge is -2.24. The van der Waals surface area contributed by atoms with Crippen molar-refractivity contribution in [2.75, 3.05) is 20.6 Å². The van der Waals surface area contributed by atoms with Gasteiger partial charge in [-0.2, -0.15) is 0 Å². The van der Waals surface area contributed by atoms with Crippen molar-refractivity contribution < 1.29 is 4.39 Å². The minimum atomic E-state index is -0.206. The topological polar surface area (TPSA) is 15.3 Å². The van der Waals surface area contributed by atoms with Crippen LogP contribution in [0.2, 0.25) is 0 Å². The molecule has 1 atom stereocenters. The zero-order valence-corrected chi connectivity index (χ0v) is 13.8. The van der Waals surface area contributed by atoms with E-state index in [0.29, 0.717) is 12.0 Å². The van der Waals surface area contributed by atoms with Crippen molar-refractivity contribution in [2.45, 2.75) is 32.9 Å². The molecule has 0 fully saturated rings. The first-order chi connectivity index (χ1) is 8.88. The smallest absolute Gasteiger partial charge is 0.124 e. The van der Waals surface area contributed by atoms with Gasteiger partial charge >= 0.3 is 0 Å². The number of likely N-dealkylation sites (N-methyl/N-ethyl adjacent to an activating group) is 1. The first-order valence-electron chi connectivity index (χ1n) is 6.70. The molecule has 0 saturated heterocycles. The lowest BCUT2D eigenvalue weighted by Crippen LogP contribution is -2.38. The molecule has 0 saturated carbocycles. The van der Waals surface area contributed by atoms with Crippen LogP contribution in [0.5, 0.6) is 0 Å². The van der Waals surface area contributed by atoms with E-state index in [0.717, 1.165) is 29.5 Å². The lowest BCUT2D eigenvalue weighted by atomic mass is 10.0. The van der Waals surface area contributed by atoms with Crippen molar-refractivity contribution in [1.82, 2.24) is 10.2 Å². The predicted molar refractivity (Wildman–Crippen MR) is 82.7 cm³/mol. The molecule has 0 bridgehead atoms. The van der Waals surface area contributed by atoms with Crippen LogP contribution in [0.15, 0.2) is 22.7 Å². The minimum absolute atomic E-state index is 0.206. The zero-order chi connectivity index (χ0) is 14.4. The Morgan fingerprint density at radius 3 is 2.53 bits per heavy atom. The lowest BCUT2D eigenvalue weighted by molar-refractivity contribution is 0.305. The van der Waals surface area contributed by atoms with Gasteiger partial charge in [-0.25, -0.2) is 4.39 Å². The molecule has 19 heavy (non-hydrogen) atoms. The number of rotatable bonds is 7. The van der Waals surface area contributed by atoms with E-state index in [4.69, 9.17) is 0 Å². The largest absolute Gasteiger partial charge is 0.309 e. The Hall–Kier alpha value is -0.450. The fraction of sp³-hybridized carbons (Fsp3) is 0.600. The molecule has 0 aromatic heterocycles. The van der Waals surface area contributed by atoms with Crippen molar-refractivity contribution in [3.05, 3.63) is 34.1 Å². The summed E-state index contributed by atoms with van der Waals surface area (Å²) in [6.45, 7) is 6.24. The van der Waals surface area contributed by atoms with Crippen LogP contribution >= 0.6 is 15.9 Å². The number of halogens is 2. The molecular weight excluding hydrogens is 307 g/mol. The third kappa shape index (κ3) is 6.50. The van der Waals surface area contributed by atoms with Gasteiger partial charge in [0, 0.05) is 23.6 Å². The van der Waals surface area contributed by atoms with E-state index in [2.05, 4.69) is 54.1 Å². The molecule has 4 heteroatoms. The summed E-state index contributed by atoms with van der Waals surface area (Å²) in [6, 6.07) is 5.30. The first-order valence-corrected chi connectivity index (χ1v) is 7.49. The average molecular weight is 331 g/mol. The van der Waals surface area contributed by atoms with Gasteiger partial charge in [0.25, 0.3) is 0 Å². The zero-order valence-electron chi connectivity index (χ0n) is 12.2. The van der Waals surface area contributed by atoms with Crippen LogP contribution in [0, 0.1) is 11.7 Å². The Kier molecular flexibility index (Phi) is 6.97. The van der Waals surface area contributed by atoms with Crippen LogP contribution in [0.1, 0.15) is 25.8 Å². The van der Waals surface area contributed by atoms with Gasteiger partial charge < -0.3 is 10.2 Å².